The van der Waals surface area contributed by atoms with Gasteiger partial charge in [0.2, 0.25) is 0 Å². The molecule has 1 heteroatoms. The largest absolute Gasteiger partial charge is 0.309 e. The molecule has 0 heterocycles. The van der Waals surface area contributed by atoms with E-state index in [1.54, 1.807) is 5.56 Å². The summed E-state index contributed by atoms with van der Waals surface area (Å²) in [5, 5.41) is 4.98. The fraction of sp³-hybridized carbons (Fsp3) is 0.191. The second kappa shape index (κ2) is 11.5. The predicted octanol–water partition coefficient (Wildman–Crippen LogP) is 13.5. The van der Waals surface area contributed by atoms with Crippen molar-refractivity contribution in [3.63, 3.8) is 0 Å². The van der Waals surface area contributed by atoms with Gasteiger partial charge in [0.15, 0.2) is 0 Å². The van der Waals surface area contributed by atoms with Crippen LogP contribution in [0.25, 0.3) is 43.8 Å². The summed E-state index contributed by atoms with van der Waals surface area (Å²) in [7, 11) is 0. The third-order valence-corrected chi connectivity index (χ3v) is 11.2. The summed E-state index contributed by atoms with van der Waals surface area (Å²) in [6.07, 6.45) is 6.69. The lowest BCUT2D eigenvalue weighted by Gasteiger charge is -2.31. The topological polar surface area (TPSA) is 3.24 Å². The summed E-state index contributed by atoms with van der Waals surface area (Å²) >= 11 is 0. The Balaban J connectivity index is 1.31. The summed E-state index contributed by atoms with van der Waals surface area (Å²) < 4.78 is 0. The molecular formula is C47H41N. The van der Waals surface area contributed by atoms with Crippen LogP contribution in [-0.2, 0) is 5.41 Å². The van der Waals surface area contributed by atoms with Crippen LogP contribution in [0.1, 0.15) is 68.6 Å². The zero-order chi connectivity index (χ0) is 32.2. The highest BCUT2D eigenvalue weighted by molar-refractivity contribution is 6.04. The lowest BCUT2D eigenvalue weighted by Crippen LogP contribution is -2.17. The van der Waals surface area contributed by atoms with Crippen molar-refractivity contribution in [3.8, 4) is 22.3 Å². The Bertz CT molecular complexity index is 2300. The Kier molecular flexibility index (Phi) is 6.97. The van der Waals surface area contributed by atoms with Crippen LogP contribution >= 0.6 is 0 Å². The van der Waals surface area contributed by atoms with Crippen molar-refractivity contribution in [1.82, 2.24) is 0 Å². The number of nitrogens with zero attached hydrogens (tertiary/aromatic N) is 1. The third kappa shape index (κ3) is 4.67. The molecule has 48 heavy (non-hydrogen) atoms. The van der Waals surface area contributed by atoms with Crippen molar-refractivity contribution in [2.75, 3.05) is 4.90 Å². The molecule has 0 amide bonds. The van der Waals surface area contributed by atoms with E-state index in [1.165, 1.54) is 104 Å². The van der Waals surface area contributed by atoms with E-state index in [0.29, 0.717) is 5.92 Å². The van der Waals surface area contributed by atoms with Gasteiger partial charge in [0.25, 0.3) is 0 Å². The minimum atomic E-state index is -0.0958. The average molecular weight is 620 g/mol. The molecule has 0 aliphatic heterocycles. The number of anilines is 3. The maximum atomic E-state index is 2.53. The number of hydrogen-bond acceptors (Lipinski definition) is 1. The van der Waals surface area contributed by atoms with Gasteiger partial charge in [-0.15, -0.1) is 0 Å². The van der Waals surface area contributed by atoms with Gasteiger partial charge in [-0.05, 0) is 98.6 Å². The van der Waals surface area contributed by atoms with Crippen molar-refractivity contribution >= 4 is 38.6 Å². The van der Waals surface area contributed by atoms with Crippen molar-refractivity contribution in [2.45, 2.75) is 57.3 Å². The molecule has 0 bridgehead atoms. The van der Waals surface area contributed by atoms with Crippen LogP contribution in [0.2, 0.25) is 0 Å². The van der Waals surface area contributed by atoms with Crippen molar-refractivity contribution in [2.24, 2.45) is 0 Å². The standard InChI is InChI=1S/C47H41N/c1-47(2)42-25-14-24-39(33-15-5-3-6-16-33)46(42)40-28-27-37(31-43(40)47)48(44-26-13-22-32-19-11-12-23-38(32)44)45-30-36-21-10-9-20-35(36)29-41(45)34-17-7-4-8-18-34/h4,7-14,17-31,33H,3,5-6,15-16H2,1-2H3. The lowest BCUT2D eigenvalue weighted by molar-refractivity contribution is 0.444. The van der Waals surface area contributed by atoms with E-state index in [1.807, 2.05) is 0 Å². The summed E-state index contributed by atoms with van der Waals surface area (Å²) in [4.78, 5) is 2.53. The van der Waals surface area contributed by atoms with Crippen molar-refractivity contribution in [1.29, 1.82) is 0 Å². The molecule has 0 N–H and O–H groups in total. The van der Waals surface area contributed by atoms with E-state index in [9.17, 15) is 0 Å². The molecule has 0 atom stereocenters. The van der Waals surface area contributed by atoms with Gasteiger partial charge in [-0.1, -0.05) is 148 Å². The highest BCUT2D eigenvalue weighted by Gasteiger charge is 2.38. The highest BCUT2D eigenvalue weighted by atomic mass is 15.1. The zero-order valence-corrected chi connectivity index (χ0v) is 27.9. The summed E-state index contributed by atoms with van der Waals surface area (Å²) in [6.45, 7) is 4.86. The predicted molar refractivity (Wildman–Crippen MR) is 205 cm³/mol. The summed E-state index contributed by atoms with van der Waals surface area (Å²) in [6, 6.07) is 54.4. The monoisotopic (exact) mass is 619 g/mol. The molecule has 2 aliphatic rings. The number of rotatable bonds is 5. The molecule has 0 aromatic heterocycles. The van der Waals surface area contributed by atoms with E-state index in [0.717, 1.165) is 0 Å². The first kappa shape index (κ1) is 29.0. The number of fused-ring (bicyclic) bond motifs is 5. The normalized spacial score (nSPS) is 15.4. The fourth-order valence-corrected chi connectivity index (χ4v) is 8.77. The SMILES string of the molecule is CC1(C)c2cc(N(c3cc4ccccc4cc3-c3ccccc3)c3cccc4ccccc34)ccc2-c2c(C3CCCCC3)cccc21. The van der Waals surface area contributed by atoms with Gasteiger partial charge in [-0.3, -0.25) is 0 Å². The van der Waals surface area contributed by atoms with Crippen LogP contribution in [-0.4, -0.2) is 0 Å². The molecule has 2 aliphatic carbocycles. The molecule has 1 fully saturated rings. The van der Waals surface area contributed by atoms with Crippen LogP contribution in [0, 0.1) is 0 Å². The smallest absolute Gasteiger partial charge is 0.0546 e. The van der Waals surface area contributed by atoms with E-state index >= 15 is 0 Å². The molecule has 7 aromatic carbocycles. The Hall–Kier alpha value is -5.14. The molecule has 9 rings (SSSR count). The van der Waals surface area contributed by atoms with E-state index < -0.39 is 0 Å². The van der Waals surface area contributed by atoms with Gasteiger partial charge in [0.1, 0.15) is 0 Å². The van der Waals surface area contributed by atoms with Crippen LogP contribution in [0.5, 0.6) is 0 Å². The third-order valence-electron chi connectivity index (χ3n) is 11.2. The number of hydrogen-bond donors (Lipinski definition) is 0. The van der Waals surface area contributed by atoms with Gasteiger partial charge in [-0.2, -0.15) is 0 Å². The molecule has 1 nitrogen and oxygen atoms in total. The van der Waals surface area contributed by atoms with Crippen LogP contribution < -0.4 is 4.90 Å². The van der Waals surface area contributed by atoms with E-state index in [4.69, 9.17) is 0 Å². The Morgan fingerprint density at radius 1 is 0.521 bits per heavy atom. The molecular weight excluding hydrogens is 579 g/mol. The minimum absolute atomic E-state index is 0.0958. The summed E-state index contributed by atoms with van der Waals surface area (Å²) in [5.74, 6) is 0.660. The van der Waals surface area contributed by atoms with Crippen LogP contribution in [0.15, 0.2) is 146 Å². The molecule has 0 radical (unpaired) electrons. The van der Waals surface area contributed by atoms with Crippen molar-refractivity contribution in [3.05, 3.63) is 162 Å². The number of benzene rings is 7. The van der Waals surface area contributed by atoms with Crippen LogP contribution in [0.3, 0.4) is 0 Å². The molecule has 234 valence electrons. The second-order valence-corrected chi connectivity index (χ2v) is 14.4. The second-order valence-electron chi connectivity index (χ2n) is 14.4. The molecule has 1 saturated carbocycles. The maximum Gasteiger partial charge on any atom is 0.0546 e. The average Bonchev–Trinajstić information content (AvgIpc) is 3.38. The zero-order valence-electron chi connectivity index (χ0n) is 27.9. The van der Waals surface area contributed by atoms with Gasteiger partial charge >= 0.3 is 0 Å². The molecule has 0 unspecified atom stereocenters. The Labute approximate surface area is 284 Å². The van der Waals surface area contributed by atoms with Gasteiger partial charge < -0.3 is 4.90 Å². The Morgan fingerprint density at radius 3 is 2.02 bits per heavy atom. The van der Waals surface area contributed by atoms with Crippen LogP contribution in [0.4, 0.5) is 17.1 Å². The fourth-order valence-electron chi connectivity index (χ4n) is 8.77. The van der Waals surface area contributed by atoms with Crippen molar-refractivity contribution < 1.29 is 0 Å². The highest BCUT2D eigenvalue weighted by Crippen LogP contribution is 2.54. The first-order valence-corrected chi connectivity index (χ1v) is 17.7. The van der Waals surface area contributed by atoms with E-state index in [2.05, 4.69) is 164 Å². The first-order valence-electron chi connectivity index (χ1n) is 17.7. The Morgan fingerprint density at radius 2 is 1.21 bits per heavy atom. The molecule has 0 spiro atoms. The van der Waals surface area contributed by atoms with Gasteiger partial charge in [0, 0.05) is 22.1 Å². The maximum absolute atomic E-state index is 2.53. The minimum Gasteiger partial charge on any atom is -0.309 e. The van der Waals surface area contributed by atoms with Gasteiger partial charge in [0.05, 0.1) is 11.4 Å². The molecule has 7 aromatic rings. The molecule has 0 saturated heterocycles. The first-order chi connectivity index (χ1) is 23.6. The van der Waals surface area contributed by atoms with E-state index in [-0.39, 0.29) is 5.41 Å². The quantitative estimate of drug-likeness (QED) is 0.185. The summed E-state index contributed by atoms with van der Waals surface area (Å²) in [5.41, 5.74) is 13.3. The lowest BCUT2D eigenvalue weighted by atomic mass is 9.78. The van der Waals surface area contributed by atoms with Gasteiger partial charge in [-0.25, -0.2) is 0 Å².